The first-order valence-corrected chi connectivity index (χ1v) is 4.77. The van der Waals surface area contributed by atoms with Crippen LogP contribution in [0.15, 0.2) is 53.2 Å². The van der Waals surface area contributed by atoms with E-state index in [1.807, 2.05) is 24.3 Å². The fraction of sp³-hybridized carbons (Fsp3) is 0.0833. The normalized spacial score (nSPS) is 22.1. The second-order valence-corrected chi connectivity index (χ2v) is 3.45. The number of para-hydroxylation sites is 2. The highest BCUT2D eigenvalue weighted by Gasteiger charge is 2.20. The molecule has 1 unspecified atom stereocenters. The summed E-state index contributed by atoms with van der Waals surface area (Å²) in [6, 6.07) is 7.58. The lowest BCUT2D eigenvalue weighted by Crippen LogP contribution is -2.17. The van der Waals surface area contributed by atoms with Gasteiger partial charge in [-0.2, -0.15) is 0 Å². The van der Waals surface area contributed by atoms with Gasteiger partial charge in [-0.25, -0.2) is 4.99 Å². The molecule has 1 aliphatic carbocycles. The molecule has 1 N–H and O–H groups in total. The zero-order chi connectivity index (χ0) is 10.3. The first kappa shape index (κ1) is 8.44. The summed E-state index contributed by atoms with van der Waals surface area (Å²) < 4.78 is 5.63. The maximum absolute atomic E-state index is 9.40. The van der Waals surface area contributed by atoms with Crippen molar-refractivity contribution in [2.45, 2.75) is 6.10 Å². The molecule has 2 aliphatic rings. The van der Waals surface area contributed by atoms with Crippen molar-refractivity contribution in [3.8, 4) is 5.75 Å². The number of fused-ring (bicyclic) bond motifs is 2. The lowest BCUT2D eigenvalue weighted by molar-refractivity contribution is 0.265. The van der Waals surface area contributed by atoms with E-state index in [1.165, 1.54) is 0 Å². The summed E-state index contributed by atoms with van der Waals surface area (Å²) in [5.41, 5.74) is 1.59. The summed E-state index contributed by atoms with van der Waals surface area (Å²) in [7, 11) is 0. The summed E-state index contributed by atoms with van der Waals surface area (Å²) in [5, 5.41) is 9.40. The largest absolute Gasteiger partial charge is 0.453 e. The quantitative estimate of drug-likeness (QED) is 0.694. The Morgan fingerprint density at radius 2 is 2.13 bits per heavy atom. The molecule has 3 rings (SSSR count). The third-order valence-corrected chi connectivity index (χ3v) is 2.35. The fourth-order valence-electron chi connectivity index (χ4n) is 1.63. The molecule has 1 aromatic carbocycles. The predicted molar refractivity (Wildman–Crippen MR) is 57.4 cm³/mol. The van der Waals surface area contributed by atoms with Gasteiger partial charge in [0.05, 0.1) is 6.10 Å². The van der Waals surface area contributed by atoms with Crippen molar-refractivity contribution < 1.29 is 9.84 Å². The molecule has 0 fully saturated rings. The van der Waals surface area contributed by atoms with Crippen LogP contribution >= 0.6 is 0 Å². The second kappa shape index (κ2) is 3.07. The van der Waals surface area contributed by atoms with Crippen LogP contribution in [0.5, 0.6) is 5.75 Å². The molecule has 3 nitrogen and oxygen atoms in total. The van der Waals surface area contributed by atoms with Gasteiger partial charge in [0, 0.05) is 0 Å². The van der Waals surface area contributed by atoms with E-state index in [2.05, 4.69) is 4.99 Å². The van der Waals surface area contributed by atoms with E-state index >= 15 is 0 Å². The Hall–Kier alpha value is -1.87. The molecule has 1 aliphatic heterocycles. The lowest BCUT2D eigenvalue weighted by atomic mass is 10.1. The highest BCUT2D eigenvalue weighted by molar-refractivity contribution is 6.10. The molecule has 0 radical (unpaired) electrons. The van der Waals surface area contributed by atoms with Crippen molar-refractivity contribution in [3.05, 3.63) is 48.3 Å². The van der Waals surface area contributed by atoms with E-state index in [0.29, 0.717) is 5.76 Å². The van der Waals surface area contributed by atoms with Gasteiger partial charge in [-0.05, 0) is 30.4 Å². The van der Waals surface area contributed by atoms with Crippen LogP contribution in [0.3, 0.4) is 0 Å². The summed E-state index contributed by atoms with van der Waals surface area (Å²) >= 11 is 0. The topological polar surface area (TPSA) is 41.8 Å². The molecule has 15 heavy (non-hydrogen) atoms. The molecular formula is C12H9NO2. The zero-order valence-corrected chi connectivity index (χ0v) is 7.92. The molecular weight excluding hydrogens is 190 g/mol. The average molecular weight is 199 g/mol. The smallest absolute Gasteiger partial charge is 0.153 e. The third-order valence-electron chi connectivity index (χ3n) is 2.35. The van der Waals surface area contributed by atoms with Crippen LogP contribution < -0.4 is 4.74 Å². The van der Waals surface area contributed by atoms with E-state index in [0.717, 1.165) is 17.1 Å². The van der Waals surface area contributed by atoms with E-state index in [-0.39, 0.29) is 0 Å². The van der Waals surface area contributed by atoms with Crippen LogP contribution in [-0.4, -0.2) is 16.9 Å². The molecule has 3 heteroatoms. The number of benzene rings is 1. The van der Waals surface area contributed by atoms with Crippen LogP contribution in [0.2, 0.25) is 0 Å². The summed E-state index contributed by atoms with van der Waals surface area (Å²) in [4.78, 5) is 4.43. The molecule has 1 atom stereocenters. The Morgan fingerprint density at radius 3 is 3.07 bits per heavy atom. The molecule has 0 saturated carbocycles. The maximum Gasteiger partial charge on any atom is 0.153 e. The monoisotopic (exact) mass is 199 g/mol. The maximum atomic E-state index is 9.40. The van der Waals surface area contributed by atoms with Gasteiger partial charge in [0.1, 0.15) is 11.4 Å². The first-order valence-electron chi connectivity index (χ1n) is 4.77. The molecule has 0 amide bonds. The van der Waals surface area contributed by atoms with Gasteiger partial charge < -0.3 is 9.84 Å². The van der Waals surface area contributed by atoms with E-state index < -0.39 is 6.10 Å². The lowest BCUT2D eigenvalue weighted by Gasteiger charge is -2.20. The minimum absolute atomic E-state index is 0.579. The summed E-state index contributed by atoms with van der Waals surface area (Å²) in [5.74, 6) is 1.36. The van der Waals surface area contributed by atoms with Gasteiger partial charge in [0.15, 0.2) is 11.5 Å². The van der Waals surface area contributed by atoms with Gasteiger partial charge in [-0.3, -0.25) is 0 Å². The van der Waals surface area contributed by atoms with Crippen molar-refractivity contribution >= 4 is 11.4 Å². The SMILES string of the molecule is OC1C=CC2=Nc3ccccc3OC2=C1. The van der Waals surface area contributed by atoms with E-state index in [9.17, 15) is 5.11 Å². The minimum atomic E-state index is -0.579. The van der Waals surface area contributed by atoms with Crippen LogP contribution in [0.1, 0.15) is 0 Å². The Bertz CT molecular complexity index is 500. The second-order valence-electron chi connectivity index (χ2n) is 3.45. The van der Waals surface area contributed by atoms with Crippen LogP contribution in [-0.2, 0) is 0 Å². The molecule has 1 heterocycles. The molecule has 0 saturated heterocycles. The van der Waals surface area contributed by atoms with Crippen molar-refractivity contribution in [1.82, 2.24) is 0 Å². The van der Waals surface area contributed by atoms with Gasteiger partial charge in [0.2, 0.25) is 0 Å². The predicted octanol–water partition coefficient (Wildman–Crippen LogP) is 1.97. The van der Waals surface area contributed by atoms with Crippen molar-refractivity contribution in [3.63, 3.8) is 0 Å². The van der Waals surface area contributed by atoms with Gasteiger partial charge in [0.25, 0.3) is 0 Å². The summed E-state index contributed by atoms with van der Waals surface area (Å²) in [6.07, 6.45) is 4.52. The molecule has 0 spiro atoms. The number of hydrogen-bond acceptors (Lipinski definition) is 3. The van der Waals surface area contributed by atoms with Crippen molar-refractivity contribution in [2.75, 3.05) is 0 Å². The van der Waals surface area contributed by atoms with E-state index in [1.54, 1.807) is 18.2 Å². The highest BCUT2D eigenvalue weighted by atomic mass is 16.5. The number of aliphatic imine (C=N–C) groups is 1. The fourth-order valence-corrected chi connectivity index (χ4v) is 1.63. The van der Waals surface area contributed by atoms with Crippen molar-refractivity contribution in [1.29, 1.82) is 0 Å². The van der Waals surface area contributed by atoms with Gasteiger partial charge in [-0.1, -0.05) is 12.1 Å². The Kier molecular flexibility index (Phi) is 1.73. The standard InChI is InChI=1S/C12H9NO2/c14-8-5-6-10-12(7-8)15-11-4-2-1-3-9(11)13-10/h1-8,14H. The molecule has 74 valence electrons. The summed E-state index contributed by atoms with van der Waals surface area (Å²) in [6.45, 7) is 0. The number of allylic oxidation sites excluding steroid dienone is 1. The van der Waals surface area contributed by atoms with Gasteiger partial charge in [-0.15, -0.1) is 0 Å². The molecule has 0 aromatic heterocycles. The zero-order valence-electron chi connectivity index (χ0n) is 7.92. The number of ether oxygens (including phenoxy) is 1. The highest BCUT2D eigenvalue weighted by Crippen LogP contribution is 2.34. The number of aliphatic hydroxyl groups is 1. The molecule has 0 bridgehead atoms. The van der Waals surface area contributed by atoms with Crippen LogP contribution in [0.25, 0.3) is 0 Å². The molecule has 1 aromatic rings. The van der Waals surface area contributed by atoms with Gasteiger partial charge >= 0.3 is 0 Å². The van der Waals surface area contributed by atoms with E-state index in [4.69, 9.17) is 4.74 Å². The average Bonchev–Trinajstić information content (AvgIpc) is 2.26. The van der Waals surface area contributed by atoms with Crippen LogP contribution in [0.4, 0.5) is 5.69 Å². The first-order chi connectivity index (χ1) is 7.33. The Balaban J connectivity index is 2.13. The number of nitrogens with zero attached hydrogens (tertiary/aromatic N) is 1. The number of aliphatic hydroxyl groups excluding tert-OH is 1. The minimum Gasteiger partial charge on any atom is -0.453 e. The van der Waals surface area contributed by atoms with Crippen molar-refractivity contribution in [2.24, 2.45) is 4.99 Å². The van der Waals surface area contributed by atoms with Crippen LogP contribution in [0, 0.1) is 0 Å². The Labute approximate surface area is 87.0 Å². The Morgan fingerprint density at radius 1 is 1.27 bits per heavy atom. The number of rotatable bonds is 0. The number of hydrogen-bond donors (Lipinski definition) is 1. The third kappa shape index (κ3) is 1.37.